The van der Waals surface area contributed by atoms with Gasteiger partial charge in [0.15, 0.2) is 0 Å². The number of nitrogens with zero attached hydrogens (tertiary/aromatic N) is 4. The zero-order valence-corrected chi connectivity index (χ0v) is 18.6. The minimum absolute atomic E-state index is 0.0259. The lowest BCUT2D eigenvalue weighted by molar-refractivity contribution is 0.154. The van der Waals surface area contributed by atoms with E-state index < -0.39 is 6.09 Å². The number of nitrogens with two attached hydrogens (primary N) is 1. The first-order valence-electron chi connectivity index (χ1n) is 11.6. The smallest absolute Gasteiger partial charge is 0.407 e. The molecule has 2 aliphatic rings. The number of hydrogen-bond donors (Lipinski definition) is 2. The number of para-hydroxylation sites is 1. The highest BCUT2D eigenvalue weighted by molar-refractivity contribution is 6.03. The Bertz CT molecular complexity index is 1360. The average molecular weight is 456 g/mol. The molecule has 3 N–H and O–H groups in total. The lowest BCUT2D eigenvalue weighted by Gasteiger charge is -2.18. The van der Waals surface area contributed by atoms with Crippen LogP contribution in [-0.4, -0.2) is 43.7 Å². The van der Waals surface area contributed by atoms with Crippen molar-refractivity contribution in [3.8, 4) is 22.6 Å². The first kappa shape index (κ1) is 20.5. The molecule has 2 aromatic heterocycles. The molecular formula is C26H25N5O3. The minimum Gasteiger partial charge on any atom is -0.465 e. The van der Waals surface area contributed by atoms with E-state index in [1.807, 2.05) is 54.6 Å². The second-order valence-corrected chi connectivity index (χ2v) is 8.97. The van der Waals surface area contributed by atoms with Gasteiger partial charge >= 0.3 is 6.09 Å². The van der Waals surface area contributed by atoms with Gasteiger partial charge in [-0.2, -0.15) is 0 Å². The predicted molar refractivity (Wildman–Crippen MR) is 129 cm³/mol. The number of anilines is 1. The van der Waals surface area contributed by atoms with E-state index in [1.165, 1.54) is 16.9 Å². The molecule has 1 saturated heterocycles. The molecule has 1 saturated carbocycles. The Morgan fingerprint density at radius 3 is 2.41 bits per heavy atom. The van der Waals surface area contributed by atoms with Crippen molar-refractivity contribution in [2.24, 2.45) is 0 Å². The van der Waals surface area contributed by atoms with Gasteiger partial charge in [-0.15, -0.1) is 0 Å². The van der Waals surface area contributed by atoms with Gasteiger partial charge in [0.25, 0.3) is 0 Å². The van der Waals surface area contributed by atoms with E-state index in [-0.39, 0.29) is 6.04 Å². The van der Waals surface area contributed by atoms with E-state index >= 15 is 0 Å². The summed E-state index contributed by atoms with van der Waals surface area (Å²) in [4.78, 5) is 22.0. The van der Waals surface area contributed by atoms with Gasteiger partial charge in [-0.1, -0.05) is 30.3 Å². The zero-order chi connectivity index (χ0) is 23.2. The number of likely N-dealkylation sites (tertiary alicyclic amines) is 1. The van der Waals surface area contributed by atoms with Crippen LogP contribution in [0.15, 0.2) is 60.9 Å². The van der Waals surface area contributed by atoms with Crippen LogP contribution in [0.4, 0.5) is 10.6 Å². The fourth-order valence-electron chi connectivity index (χ4n) is 5.03. The zero-order valence-electron chi connectivity index (χ0n) is 18.6. The fourth-order valence-corrected chi connectivity index (χ4v) is 5.03. The molecule has 2 fully saturated rings. The topological polar surface area (TPSA) is 107 Å². The van der Waals surface area contributed by atoms with Crippen molar-refractivity contribution in [2.75, 3.05) is 18.8 Å². The normalized spacial score (nSPS) is 17.9. The Morgan fingerprint density at radius 2 is 1.74 bits per heavy atom. The molecular weight excluding hydrogens is 430 g/mol. The molecule has 8 nitrogen and oxygen atoms in total. The molecule has 34 heavy (non-hydrogen) atoms. The van der Waals surface area contributed by atoms with Gasteiger partial charge in [0.1, 0.15) is 29.3 Å². The van der Waals surface area contributed by atoms with E-state index in [0.29, 0.717) is 24.8 Å². The summed E-state index contributed by atoms with van der Waals surface area (Å²) in [5.74, 6) is 2.39. The maximum atomic E-state index is 11.6. The molecule has 1 aliphatic heterocycles. The SMILES string of the molecule is Nc1ncnc2c1c(-c1ccc(Oc3ccccc3)cc1)c(C1CC1)n2C1CCN(C(=O)O)C1. The monoisotopic (exact) mass is 455 g/mol. The van der Waals surface area contributed by atoms with Crippen LogP contribution in [0.3, 0.4) is 0 Å². The van der Waals surface area contributed by atoms with Crippen molar-refractivity contribution in [3.63, 3.8) is 0 Å². The average Bonchev–Trinajstić information content (AvgIpc) is 3.45. The molecule has 4 aromatic rings. The lowest BCUT2D eigenvalue weighted by Crippen LogP contribution is -2.27. The maximum absolute atomic E-state index is 11.6. The quantitative estimate of drug-likeness (QED) is 0.424. The molecule has 1 atom stereocenters. The highest BCUT2D eigenvalue weighted by atomic mass is 16.5. The summed E-state index contributed by atoms with van der Waals surface area (Å²) in [6, 6.07) is 17.7. The molecule has 3 heterocycles. The van der Waals surface area contributed by atoms with Crippen molar-refractivity contribution in [3.05, 3.63) is 66.6 Å². The molecule has 8 heteroatoms. The van der Waals surface area contributed by atoms with E-state index in [0.717, 1.165) is 52.9 Å². The third kappa shape index (κ3) is 3.51. The van der Waals surface area contributed by atoms with Crippen LogP contribution in [0.25, 0.3) is 22.2 Å². The molecule has 1 aliphatic carbocycles. The van der Waals surface area contributed by atoms with Crippen LogP contribution >= 0.6 is 0 Å². The van der Waals surface area contributed by atoms with Crippen LogP contribution < -0.4 is 10.5 Å². The first-order valence-corrected chi connectivity index (χ1v) is 11.6. The third-order valence-electron chi connectivity index (χ3n) is 6.74. The van der Waals surface area contributed by atoms with E-state index in [1.54, 1.807) is 0 Å². The van der Waals surface area contributed by atoms with E-state index in [4.69, 9.17) is 10.5 Å². The molecule has 6 rings (SSSR count). The van der Waals surface area contributed by atoms with Crippen molar-refractivity contribution in [2.45, 2.75) is 31.2 Å². The van der Waals surface area contributed by atoms with Crippen molar-refractivity contribution in [1.82, 2.24) is 19.4 Å². The second kappa shape index (κ2) is 8.06. The molecule has 0 bridgehead atoms. The standard InChI is InChI=1S/C26H25N5O3/c27-24-22-21(16-8-10-20(11-9-16)34-19-4-2-1-3-5-19)23(17-6-7-17)31(25(22)29-15-28-24)18-12-13-30(14-18)26(32)33/h1-5,8-11,15,17-18H,6-7,12-14H2,(H,32,33)(H2,27,28,29). The molecule has 1 amide bonds. The van der Waals surface area contributed by atoms with Crippen molar-refractivity contribution >= 4 is 22.9 Å². The number of rotatable bonds is 5. The number of fused-ring (bicyclic) bond motifs is 1. The van der Waals surface area contributed by atoms with Gasteiger partial charge in [-0.25, -0.2) is 14.8 Å². The first-order chi connectivity index (χ1) is 16.6. The number of benzene rings is 2. The van der Waals surface area contributed by atoms with Gasteiger partial charge < -0.3 is 25.0 Å². The summed E-state index contributed by atoms with van der Waals surface area (Å²) < 4.78 is 8.22. The number of ether oxygens (including phenoxy) is 1. The summed E-state index contributed by atoms with van der Waals surface area (Å²) in [6.07, 6.45) is 3.57. The van der Waals surface area contributed by atoms with Crippen molar-refractivity contribution < 1.29 is 14.6 Å². The number of nitrogen functional groups attached to an aromatic ring is 1. The Balaban J connectivity index is 1.46. The van der Waals surface area contributed by atoms with Crippen LogP contribution in [-0.2, 0) is 0 Å². The molecule has 1 unspecified atom stereocenters. The molecule has 0 spiro atoms. The molecule has 0 radical (unpaired) electrons. The summed E-state index contributed by atoms with van der Waals surface area (Å²) in [5.41, 5.74) is 10.5. The number of aromatic nitrogens is 3. The van der Waals surface area contributed by atoms with Crippen LogP contribution in [0.2, 0.25) is 0 Å². The Morgan fingerprint density at radius 1 is 1.00 bits per heavy atom. The third-order valence-corrected chi connectivity index (χ3v) is 6.74. The van der Waals surface area contributed by atoms with Crippen LogP contribution in [0.5, 0.6) is 11.5 Å². The van der Waals surface area contributed by atoms with Gasteiger partial charge in [-0.05, 0) is 55.0 Å². The lowest BCUT2D eigenvalue weighted by atomic mass is 10.0. The van der Waals surface area contributed by atoms with Crippen LogP contribution in [0.1, 0.15) is 36.9 Å². The van der Waals surface area contributed by atoms with E-state index in [2.05, 4.69) is 14.5 Å². The number of hydrogen-bond acceptors (Lipinski definition) is 5. The van der Waals surface area contributed by atoms with Gasteiger partial charge in [0, 0.05) is 24.3 Å². The van der Waals surface area contributed by atoms with Gasteiger partial charge in [0.05, 0.1) is 11.4 Å². The number of carboxylic acid groups (broad SMARTS) is 1. The second-order valence-electron chi connectivity index (χ2n) is 8.97. The number of carbonyl (C=O) groups is 1. The molecule has 172 valence electrons. The van der Waals surface area contributed by atoms with Gasteiger partial charge in [0.2, 0.25) is 0 Å². The maximum Gasteiger partial charge on any atom is 0.407 e. The molecule has 2 aromatic carbocycles. The highest BCUT2D eigenvalue weighted by Crippen LogP contribution is 2.51. The Kier molecular flexibility index (Phi) is 4.86. The Labute approximate surface area is 196 Å². The van der Waals surface area contributed by atoms with Crippen molar-refractivity contribution in [1.29, 1.82) is 0 Å². The highest BCUT2D eigenvalue weighted by Gasteiger charge is 2.38. The fraction of sp³-hybridized carbons (Fsp3) is 0.269. The summed E-state index contributed by atoms with van der Waals surface area (Å²) >= 11 is 0. The summed E-state index contributed by atoms with van der Waals surface area (Å²) in [7, 11) is 0. The Hall–Kier alpha value is -4.07. The number of amides is 1. The van der Waals surface area contributed by atoms with Crippen LogP contribution in [0, 0.1) is 0 Å². The summed E-state index contributed by atoms with van der Waals surface area (Å²) in [6.45, 7) is 0.969. The van der Waals surface area contributed by atoms with E-state index in [9.17, 15) is 9.90 Å². The summed E-state index contributed by atoms with van der Waals surface area (Å²) in [5, 5.41) is 10.3. The predicted octanol–water partition coefficient (Wildman–Crippen LogP) is 5.28. The minimum atomic E-state index is -0.879. The largest absolute Gasteiger partial charge is 0.465 e. The van der Waals surface area contributed by atoms with Gasteiger partial charge in [-0.3, -0.25) is 0 Å².